The number of methoxy groups -OCH3 is 1. The van der Waals surface area contributed by atoms with Gasteiger partial charge in [0.15, 0.2) is 5.11 Å². The van der Waals surface area contributed by atoms with Crippen molar-refractivity contribution in [2.45, 2.75) is 18.5 Å². The predicted molar refractivity (Wildman–Crippen MR) is 144 cm³/mol. The van der Waals surface area contributed by atoms with Crippen molar-refractivity contribution in [3.05, 3.63) is 93.6 Å². The number of thiocarbonyl (C=S) groups is 1. The second-order valence-electron chi connectivity index (χ2n) is 8.82. The number of hydrogen-bond donors (Lipinski definition) is 2. The summed E-state index contributed by atoms with van der Waals surface area (Å²) in [5, 5.41) is 10.7. The van der Waals surface area contributed by atoms with E-state index in [1.54, 1.807) is 19.2 Å². The highest BCUT2D eigenvalue weighted by molar-refractivity contribution is 9.10. The Morgan fingerprint density at radius 3 is 2.50 bits per heavy atom. The molecule has 0 aliphatic carbocycles. The number of carboxylic acid groups (broad SMARTS) is 1. The van der Waals surface area contributed by atoms with E-state index >= 15 is 0 Å². The number of carbonyl (C=O) groups excluding carboxylic acids is 1. The summed E-state index contributed by atoms with van der Waals surface area (Å²) in [4.78, 5) is 32.2. The van der Waals surface area contributed by atoms with Gasteiger partial charge in [-0.2, -0.15) is 0 Å². The number of nitrogens with zero attached hydrogens (tertiary/aromatic N) is 2. The lowest BCUT2D eigenvalue weighted by Crippen LogP contribution is -2.44. The number of carboxylic acids is 1. The van der Waals surface area contributed by atoms with Crippen LogP contribution in [0.2, 0.25) is 0 Å². The lowest BCUT2D eigenvalue weighted by Gasteiger charge is -2.37. The number of anilines is 1. The number of aromatic amines is 1. The van der Waals surface area contributed by atoms with Gasteiger partial charge in [0.1, 0.15) is 11.8 Å². The number of H-pyrrole nitrogens is 1. The maximum atomic E-state index is 13.8. The van der Waals surface area contributed by atoms with E-state index in [4.69, 9.17) is 17.0 Å². The molecule has 6 rings (SSSR count). The fourth-order valence-corrected chi connectivity index (χ4v) is 6.01. The van der Waals surface area contributed by atoms with E-state index < -0.39 is 12.0 Å². The van der Waals surface area contributed by atoms with Crippen molar-refractivity contribution in [3.8, 4) is 5.75 Å². The summed E-state index contributed by atoms with van der Waals surface area (Å²) in [6.07, 6.45) is 0.501. The van der Waals surface area contributed by atoms with E-state index in [9.17, 15) is 14.7 Å². The molecule has 0 saturated carbocycles. The second kappa shape index (κ2) is 8.46. The molecule has 1 amide bonds. The van der Waals surface area contributed by atoms with Crippen LogP contribution in [0.15, 0.2) is 71.2 Å². The number of carbonyl (C=O) groups is 2. The van der Waals surface area contributed by atoms with Crippen LogP contribution in [0.25, 0.3) is 10.9 Å². The van der Waals surface area contributed by atoms with Crippen LogP contribution in [0.5, 0.6) is 5.75 Å². The molecule has 36 heavy (non-hydrogen) atoms. The van der Waals surface area contributed by atoms with Crippen molar-refractivity contribution in [3.63, 3.8) is 0 Å². The molecule has 3 heterocycles. The van der Waals surface area contributed by atoms with Gasteiger partial charge in [-0.15, -0.1) is 0 Å². The third kappa shape index (κ3) is 3.42. The van der Waals surface area contributed by atoms with Crippen LogP contribution in [0, 0.1) is 0 Å². The standard InChI is InChI=1S/C27H20BrN3O4S/c1-35-18-9-4-14(5-10-18)24-23-20(19-12-16(28)6-11-21(19)29-23)13-22-25(32)30(27(36)31(22)24)17-7-2-15(3-8-17)26(33)34/h2-12,22,24,29H,13H2,1H3,(H,33,34). The molecular weight excluding hydrogens is 542 g/mol. The zero-order valence-electron chi connectivity index (χ0n) is 19.1. The number of benzene rings is 3. The van der Waals surface area contributed by atoms with Crippen molar-refractivity contribution in [2.24, 2.45) is 0 Å². The van der Waals surface area contributed by atoms with Crippen molar-refractivity contribution in [1.29, 1.82) is 0 Å². The molecule has 2 aliphatic heterocycles. The molecule has 1 aromatic heterocycles. The van der Waals surface area contributed by atoms with Gasteiger partial charge in [-0.1, -0.05) is 28.1 Å². The second-order valence-corrected chi connectivity index (χ2v) is 10.1. The van der Waals surface area contributed by atoms with E-state index in [1.165, 1.54) is 17.0 Å². The number of hydrogen-bond acceptors (Lipinski definition) is 4. The monoisotopic (exact) mass is 561 g/mol. The van der Waals surface area contributed by atoms with Gasteiger partial charge >= 0.3 is 5.97 Å². The molecule has 3 aromatic carbocycles. The number of halogens is 1. The molecule has 1 saturated heterocycles. The Hall–Kier alpha value is -3.69. The maximum Gasteiger partial charge on any atom is 0.335 e. The van der Waals surface area contributed by atoms with Crippen LogP contribution in [0.3, 0.4) is 0 Å². The molecule has 7 nitrogen and oxygen atoms in total. The Kier molecular flexibility index (Phi) is 5.35. The third-order valence-electron chi connectivity index (χ3n) is 6.91. The van der Waals surface area contributed by atoms with Gasteiger partial charge in [0, 0.05) is 27.5 Å². The first-order chi connectivity index (χ1) is 17.4. The predicted octanol–water partition coefficient (Wildman–Crippen LogP) is 5.29. The van der Waals surface area contributed by atoms with Crippen LogP contribution >= 0.6 is 28.1 Å². The maximum absolute atomic E-state index is 13.8. The minimum atomic E-state index is -1.02. The van der Waals surface area contributed by atoms with E-state index in [1.807, 2.05) is 41.3 Å². The van der Waals surface area contributed by atoms with E-state index in [0.717, 1.165) is 37.9 Å². The molecule has 0 spiro atoms. The summed E-state index contributed by atoms with van der Waals surface area (Å²) in [7, 11) is 1.63. The third-order valence-corrected chi connectivity index (χ3v) is 7.79. The SMILES string of the molecule is COc1ccc(C2c3[nH]c4ccc(Br)cc4c3CC3C(=O)N(c4ccc(C(=O)O)cc4)C(=S)N32)cc1. The molecular formula is C27H20BrN3O4S. The van der Waals surface area contributed by atoms with Gasteiger partial charge in [0.2, 0.25) is 0 Å². The zero-order valence-corrected chi connectivity index (χ0v) is 21.5. The van der Waals surface area contributed by atoms with Gasteiger partial charge in [0.05, 0.1) is 24.4 Å². The van der Waals surface area contributed by atoms with Gasteiger partial charge in [-0.05, 0) is 77.9 Å². The largest absolute Gasteiger partial charge is 0.497 e. The minimum absolute atomic E-state index is 0.128. The highest BCUT2D eigenvalue weighted by atomic mass is 79.9. The first kappa shape index (κ1) is 22.8. The lowest BCUT2D eigenvalue weighted by atomic mass is 9.89. The molecule has 180 valence electrons. The Labute approximate surface area is 220 Å². The number of fused-ring (bicyclic) bond motifs is 4. The number of nitrogens with one attached hydrogen (secondary N) is 1. The average Bonchev–Trinajstić information content (AvgIpc) is 3.37. The Morgan fingerprint density at radius 2 is 1.83 bits per heavy atom. The van der Waals surface area contributed by atoms with Gasteiger partial charge in [-0.25, -0.2) is 4.79 Å². The van der Waals surface area contributed by atoms with Gasteiger partial charge in [-0.3, -0.25) is 9.69 Å². The summed E-state index contributed by atoms with van der Waals surface area (Å²) in [6.45, 7) is 0. The first-order valence-electron chi connectivity index (χ1n) is 11.3. The summed E-state index contributed by atoms with van der Waals surface area (Å²) >= 11 is 9.49. The van der Waals surface area contributed by atoms with Gasteiger partial charge < -0.3 is 19.7 Å². The van der Waals surface area contributed by atoms with Crippen molar-refractivity contribution >= 4 is 61.7 Å². The highest BCUT2D eigenvalue weighted by Crippen LogP contribution is 2.45. The fraction of sp³-hybridized carbons (Fsp3) is 0.148. The molecule has 9 heteroatoms. The number of amides is 1. The van der Waals surface area contributed by atoms with Crippen LogP contribution in [-0.4, -0.2) is 45.1 Å². The van der Waals surface area contributed by atoms with E-state index in [0.29, 0.717) is 17.2 Å². The topological polar surface area (TPSA) is 85.9 Å². The number of aromatic carboxylic acids is 1. The van der Waals surface area contributed by atoms with Crippen LogP contribution in [-0.2, 0) is 11.2 Å². The van der Waals surface area contributed by atoms with Gasteiger partial charge in [0.25, 0.3) is 5.91 Å². The lowest BCUT2D eigenvalue weighted by molar-refractivity contribution is -0.120. The molecule has 2 aliphatic rings. The van der Waals surface area contributed by atoms with Crippen LogP contribution in [0.1, 0.15) is 33.2 Å². The smallest absolute Gasteiger partial charge is 0.335 e. The average molecular weight is 562 g/mol. The zero-order chi connectivity index (χ0) is 25.1. The highest BCUT2D eigenvalue weighted by Gasteiger charge is 2.51. The normalized spacial score (nSPS) is 18.9. The summed E-state index contributed by atoms with van der Waals surface area (Å²) < 4.78 is 6.32. The molecule has 2 atom stereocenters. The number of aromatic nitrogens is 1. The molecule has 4 aromatic rings. The van der Waals surface area contributed by atoms with Crippen molar-refractivity contribution < 1.29 is 19.4 Å². The summed E-state index contributed by atoms with van der Waals surface area (Å²) in [5.41, 5.74) is 4.77. The molecule has 2 N–H and O–H groups in total. The first-order valence-corrected chi connectivity index (χ1v) is 12.5. The minimum Gasteiger partial charge on any atom is -0.497 e. The Morgan fingerprint density at radius 1 is 1.11 bits per heavy atom. The van der Waals surface area contributed by atoms with Crippen molar-refractivity contribution in [1.82, 2.24) is 9.88 Å². The van der Waals surface area contributed by atoms with E-state index in [-0.39, 0.29) is 17.5 Å². The van der Waals surface area contributed by atoms with Crippen LogP contribution in [0.4, 0.5) is 5.69 Å². The number of rotatable bonds is 4. The summed E-state index contributed by atoms with van der Waals surface area (Å²) in [5.74, 6) is -0.408. The van der Waals surface area contributed by atoms with E-state index in [2.05, 4.69) is 27.0 Å². The molecule has 2 unspecified atom stereocenters. The van der Waals surface area contributed by atoms with Crippen LogP contribution < -0.4 is 9.64 Å². The molecule has 0 radical (unpaired) electrons. The quantitative estimate of drug-likeness (QED) is 0.329. The Balaban J connectivity index is 1.50. The Bertz CT molecular complexity index is 1550. The molecule has 1 fully saturated rings. The number of ether oxygens (including phenoxy) is 1. The fourth-order valence-electron chi connectivity index (χ4n) is 5.22. The van der Waals surface area contributed by atoms with Crippen molar-refractivity contribution in [2.75, 3.05) is 12.0 Å². The molecule has 0 bridgehead atoms. The summed E-state index contributed by atoms with van der Waals surface area (Å²) in [6, 6.07) is 19.3.